The maximum Gasteiger partial charge on any atom is 0.321 e. The van der Waals surface area contributed by atoms with E-state index in [1.807, 2.05) is 13.8 Å². The number of allylic oxidation sites excluding steroid dienone is 2. The van der Waals surface area contributed by atoms with E-state index in [9.17, 15) is 9.59 Å². The van der Waals surface area contributed by atoms with Crippen molar-refractivity contribution in [1.29, 1.82) is 0 Å². The predicted molar refractivity (Wildman–Crippen MR) is 108 cm³/mol. The molecule has 9 nitrogen and oxygen atoms in total. The number of ether oxygens (including phenoxy) is 2. The fourth-order valence-electron chi connectivity index (χ4n) is 3.39. The zero-order valence-electron chi connectivity index (χ0n) is 18.0. The van der Waals surface area contributed by atoms with E-state index in [2.05, 4.69) is 15.4 Å². The molecular weight excluding hydrogens is 376 g/mol. The van der Waals surface area contributed by atoms with Crippen molar-refractivity contribution in [1.82, 2.24) is 15.4 Å². The molecule has 1 aromatic rings. The minimum atomic E-state index is -0.681. The van der Waals surface area contributed by atoms with E-state index < -0.39 is 17.5 Å². The second kappa shape index (κ2) is 10.2. The van der Waals surface area contributed by atoms with Crippen LogP contribution < -0.4 is 19.9 Å². The lowest BCUT2D eigenvalue weighted by Gasteiger charge is -2.28. The monoisotopic (exact) mass is 406 g/mol. The number of hydrogen-bond acceptors (Lipinski definition) is 9. The van der Waals surface area contributed by atoms with Gasteiger partial charge in [-0.2, -0.15) is 9.97 Å². The minimum absolute atomic E-state index is 0.135. The largest absolute Gasteiger partial charge is 0.481 e. The van der Waals surface area contributed by atoms with Gasteiger partial charge >= 0.3 is 6.01 Å². The van der Waals surface area contributed by atoms with Crippen molar-refractivity contribution < 1.29 is 23.9 Å². The third-order valence-corrected chi connectivity index (χ3v) is 4.72. The van der Waals surface area contributed by atoms with Crippen LogP contribution in [0.3, 0.4) is 0 Å². The van der Waals surface area contributed by atoms with E-state index in [4.69, 9.17) is 14.3 Å². The molecular formula is C20H30N4O5. The first-order chi connectivity index (χ1) is 13.9. The summed E-state index contributed by atoms with van der Waals surface area (Å²) in [6.45, 7) is 4.32. The number of nitrogens with zero attached hydrogens (tertiary/aromatic N) is 3. The molecule has 29 heavy (non-hydrogen) atoms. The molecule has 1 aliphatic carbocycles. The lowest BCUT2D eigenvalue weighted by molar-refractivity contribution is -0.136. The zero-order chi connectivity index (χ0) is 21.6. The van der Waals surface area contributed by atoms with Gasteiger partial charge in [0, 0.05) is 25.4 Å². The highest BCUT2D eigenvalue weighted by atomic mass is 16.6. The molecule has 0 spiro atoms. The van der Waals surface area contributed by atoms with Crippen molar-refractivity contribution in [3.05, 3.63) is 16.8 Å². The Morgan fingerprint density at radius 1 is 1.17 bits per heavy atom. The van der Waals surface area contributed by atoms with Gasteiger partial charge in [-0.15, -0.1) is 0 Å². The predicted octanol–water partition coefficient (Wildman–Crippen LogP) is 2.17. The van der Waals surface area contributed by atoms with E-state index in [1.165, 1.54) is 14.2 Å². The van der Waals surface area contributed by atoms with E-state index in [-0.39, 0.29) is 11.9 Å². The smallest absolute Gasteiger partial charge is 0.321 e. The van der Waals surface area contributed by atoms with Gasteiger partial charge in [-0.3, -0.25) is 19.9 Å². The number of Topliss-reactive ketones (excluding diaryl/α,β-unsaturated/α-hetero) is 2. The van der Waals surface area contributed by atoms with E-state index in [0.717, 1.165) is 6.42 Å². The van der Waals surface area contributed by atoms with Crippen LogP contribution in [0.25, 0.3) is 0 Å². The molecule has 9 heteroatoms. The van der Waals surface area contributed by atoms with Gasteiger partial charge in [0.05, 0.1) is 32.3 Å². The first-order valence-corrected chi connectivity index (χ1v) is 9.75. The lowest BCUT2D eigenvalue weighted by Crippen LogP contribution is -2.33. The third kappa shape index (κ3) is 4.84. The number of nitrogens with one attached hydrogen (secondary N) is 1. The third-order valence-electron chi connectivity index (χ3n) is 4.72. The summed E-state index contributed by atoms with van der Waals surface area (Å²) in [6, 6.07) is 0.135. The molecule has 0 aliphatic heterocycles. The molecule has 0 radical (unpaired) electrons. The van der Waals surface area contributed by atoms with Gasteiger partial charge in [-0.05, 0) is 26.2 Å². The molecule has 160 valence electrons. The van der Waals surface area contributed by atoms with Crippen LogP contribution in [0, 0.1) is 0 Å². The van der Waals surface area contributed by atoms with Crippen molar-refractivity contribution >= 4 is 17.4 Å². The standard InChI is InChI=1S/C20H30N4O5/c1-7-9-14(23-29-8-2)12-10-11-13(17(26)16(12)25)15-18(24(3)4)21-20(28-6)22-19(15)27-5/h13,23H,7-11H2,1-6H3. The van der Waals surface area contributed by atoms with Crippen LogP contribution in [0.1, 0.15) is 51.0 Å². The molecule has 0 saturated heterocycles. The highest BCUT2D eigenvalue weighted by Crippen LogP contribution is 2.41. The highest BCUT2D eigenvalue weighted by molar-refractivity contribution is 6.46. The van der Waals surface area contributed by atoms with Crippen molar-refractivity contribution in [3.63, 3.8) is 0 Å². The van der Waals surface area contributed by atoms with Crippen molar-refractivity contribution in [2.45, 2.75) is 45.4 Å². The van der Waals surface area contributed by atoms with Gasteiger partial charge in [-0.1, -0.05) is 13.3 Å². The topological polar surface area (TPSA) is 103 Å². The number of carbonyl (C=O) groups excluding carboxylic acids is 2. The Morgan fingerprint density at radius 2 is 1.90 bits per heavy atom. The number of methoxy groups -OCH3 is 2. The second-order valence-corrected chi connectivity index (χ2v) is 6.88. The van der Waals surface area contributed by atoms with E-state index in [0.29, 0.717) is 48.5 Å². The summed E-state index contributed by atoms with van der Waals surface area (Å²) in [5, 5.41) is 0. The molecule has 0 aromatic carbocycles. The van der Waals surface area contributed by atoms with Gasteiger partial charge in [-0.25, -0.2) is 0 Å². The highest BCUT2D eigenvalue weighted by Gasteiger charge is 2.39. The summed E-state index contributed by atoms with van der Waals surface area (Å²) >= 11 is 0. The van der Waals surface area contributed by atoms with Crippen LogP contribution in [0.15, 0.2) is 11.3 Å². The molecule has 1 atom stereocenters. The average molecular weight is 406 g/mol. The Morgan fingerprint density at radius 3 is 2.45 bits per heavy atom. The van der Waals surface area contributed by atoms with Crippen LogP contribution in [0.4, 0.5) is 5.82 Å². The second-order valence-electron chi connectivity index (χ2n) is 6.88. The first kappa shape index (κ1) is 22.6. The maximum absolute atomic E-state index is 13.1. The average Bonchev–Trinajstić information content (AvgIpc) is 2.72. The van der Waals surface area contributed by atoms with Gasteiger partial charge in [0.2, 0.25) is 17.4 Å². The quantitative estimate of drug-likeness (QED) is 0.375. The normalized spacial score (nSPS) is 18.5. The SMILES string of the molecule is CCCC(NOCC)=C1CCC(c2c(OC)nc(OC)nc2N(C)C)C(=O)C1=O. The molecule has 0 amide bonds. The summed E-state index contributed by atoms with van der Waals surface area (Å²) in [4.78, 5) is 41.7. The van der Waals surface area contributed by atoms with E-state index >= 15 is 0 Å². The fraction of sp³-hybridized carbons (Fsp3) is 0.600. The first-order valence-electron chi connectivity index (χ1n) is 9.75. The van der Waals surface area contributed by atoms with Crippen LogP contribution in [0.2, 0.25) is 0 Å². The minimum Gasteiger partial charge on any atom is -0.481 e. The zero-order valence-corrected chi connectivity index (χ0v) is 18.0. The number of hydrogen-bond donors (Lipinski definition) is 1. The number of ketones is 2. The molecule has 1 saturated carbocycles. The van der Waals surface area contributed by atoms with Gasteiger partial charge in [0.25, 0.3) is 0 Å². The molecule has 0 bridgehead atoms. The number of aromatic nitrogens is 2. The van der Waals surface area contributed by atoms with Crippen molar-refractivity contribution in [3.8, 4) is 11.9 Å². The van der Waals surface area contributed by atoms with Crippen molar-refractivity contribution in [2.75, 3.05) is 39.8 Å². The van der Waals surface area contributed by atoms with Crippen LogP contribution in [-0.4, -0.2) is 56.5 Å². The maximum atomic E-state index is 13.1. The van der Waals surface area contributed by atoms with Crippen molar-refractivity contribution in [2.24, 2.45) is 0 Å². The number of rotatable bonds is 9. The van der Waals surface area contributed by atoms with Gasteiger partial charge in [0.1, 0.15) is 5.82 Å². The Kier molecular flexibility index (Phi) is 7.95. The summed E-state index contributed by atoms with van der Waals surface area (Å²) in [6.07, 6.45) is 2.37. The Labute approximate surface area is 171 Å². The van der Waals surface area contributed by atoms with Gasteiger partial charge < -0.3 is 14.4 Å². The number of anilines is 1. The van der Waals surface area contributed by atoms with Gasteiger partial charge in [0.15, 0.2) is 0 Å². The molecule has 1 unspecified atom stereocenters. The Hall–Kier alpha value is -2.68. The van der Waals surface area contributed by atoms with Crippen LogP contribution >= 0.6 is 0 Å². The number of carbonyl (C=O) groups is 2. The van der Waals surface area contributed by atoms with E-state index in [1.54, 1.807) is 19.0 Å². The fourth-order valence-corrected chi connectivity index (χ4v) is 3.39. The summed E-state index contributed by atoms with van der Waals surface area (Å²) in [7, 11) is 6.53. The molecule has 2 rings (SSSR count). The van der Waals surface area contributed by atoms with Crippen LogP contribution in [-0.2, 0) is 14.4 Å². The summed E-state index contributed by atoms with van der Waals surface area (Å²) < 4.78 is 10.6. The number of hydroxylamine groups is 1. The molecule has 1 aliphatic rings. The summed E-state index contributed by atoms with van der Waals surface area (Å²) in [5.74, 6) is -0.943. The van der Waals surface area contributed by atoms with Crippen LogP contribution in [0.5, 0.6) is 11.9 Å². The summed E-state index contributed by atoms with van der Waals surface area (Å²) in [5.41, 5.74) is 4.52. The molecule has 1 N–H and O–H groups in total. The Balaban J connectivity index is 2.47. The molecule has 1 aromatic heterocycles. The molecule has 1 fully saturated rings. The molecule has 1 heterocycles. The lowest BCUT2D eigenvalue weighted by atomic mass is 9.79. The Bertz CT molecular complexity index is 791.